The van der Waals surface area contributed by atoms with Crippen LogP contribution in [0.15, 0.2) is 67.0 Å². The third kappa shape index (κ3) is 9.41. The van der Waals surface area contributed by atoms with Crippen molar-refractivity contribution < 1.29 is 19.4 Å². The van der Waals surface area contributed by atoms with Gasteiger partial charge in [-0.3, -0.25) is 10.1 Å². The molecule has 9 nitrogen and oxygen atoms in total. The number of benzene rings is 1. The van der Waals surface area contributed by atoms with E-state index in [1.165, 1.54) is 17.5 Å². The van der Waals surface area contributed by atoms with Crippen molar-refractivity contribution in [2.24, 2.45) is 10.4 Å². The molecule has 1 saturated heterocycles. The summed E-state index contributed by atoms with van der Waals surface area (Å²) >= 11 is 1.42. The van der Waals surface area contributed by atoms with Gasteiger partial charge >= 0.3 is 12.0 Å². The van der Waals surface area contributed by atoms with Crippen molar-refractivity contribution in [3.8, 4) is 0 Å². The summed E-state index contributed by atoms with van der Waals surface area (Å²) in [6.07, 6.45) is 10.3. The van der Waals surface area contributed by atoms with E-state index >= 15 is 0 Å². The monoisotopic (exact) mass is 621 g/mol. The zero-order chi connectivity index (χ0) is 32.9. The largest absolute Gasteiger partial charge is 0.481 e. The average Bonchev–Trinajstić information content (AvgIpc) is 3.40. The van der Waals surface area contributed by atoms with E-state index in [1.54, 1.807) is 7.11 Å². The van der Waals surface area contributed by atoms with Crippen molar-refractivity contribution in [1.29, 1.82) is 0 Å². The van der Waals surface area contributed by atoms with Crippen LogP contribution < -0.4 is 10.6 Å². The summed E-state index contributed by atoms with van der Waals surface area (Å²) in [6, 6.07) is 3.80. The number of hydrogen-bond donors (Lipinski definition) is 3. The van der Waals surface area contributed by atoms with Gasteiger partial charge in [-0.2, -0.15) is 0 Å². The second-order valence-corrected chi connectivity index (χ2v) is 11.6. The molecular weight excluding hydrogens is 574 g/mol. The Labute approximate surface area is 265 Å². The van der Waals surface area contributed by atoms with Crippen LogP contribution in [-0.4, -0.2) is 59.6 Å². The topological polar surface area (TPSA) is 116 Å². The summed E-state index contributed by atoms with van der Waals surface area (Å²) in [7, 11) is 1.56. The van der Waals surface area contributed by atoms with Crippen LogP contribution in [0.4, 0.5) is 9.93 Å². The van der Waals surface area contributed by atoms with Gasteiger partial charge in [0.2, 0.25) is 5.90 Å². The summed E-state index contributed by atoms with van der Waals surface area (Å²) in [6.45, 7) is 23.5. The minimum absolute atomic E-state index is 0.277. The molecule has 3 N–H and O–H groups in total. The van der Waals surface area contributed by atoms with Crippen LogP contribution in [0.1, 0.15) is 71.4 Å². The Morgan fingerprint density at radius 1 is 1.23 bits per heavy atom. The van der Waals surface area contributed by atoms with Crippen LogP contribution in [0.2, 0.25) is 0 Å². The van der Waals surface area contributed by atoms with Crippen LogP contribution >= 0.6 is 11.3 Å². The highest BCUT2D eigenvalue weighted by atomic mass is 32.1. The van der Waals surface area contributed by atoms with Crippen LogP contribution in [0.25, 0.3) is 21.4 Å². The minimum atomic E-state index is -0.620. The van der Waals surface area contributed by atoms with Gasteiger partial charge in [0.15, 0.2) is 5.13 Å². The number of methoxy groups -OCH3 is 1. The normalized spacial score (nSPS) is 15.1. The number of rotatable bonds is 11. The Hall–Kier alpha value is -4.18. The third-order valence-corrected chi connectivity index (χ3v) is 8.57. The number of carboxylic acid groups (broad SMARTS) is 1. The van der Waals surface area contributed by atoms with Crippen molar-refractivity contribution >= 4 is 55.7 Å². The van der Waals surface area contributed by atoms with E-state index in [-0.39, 0.29) is 6.03 Å². The first-order valence-corrected chi connectivity index (χ1v) is 15.6. The number of aromatic nitrogens is 1. The number of allylic oxidation sites excluding steroid dienone is 5. The number of piperidine rings is 1. The molecular formula is C34H47N5O4S. The van der Waals surface area contributed by atoms with Crippen molar-refractivity contribution in [2.45, 2.75) is 60.3 Å². The number of aliphatic imine (C=N–C) groups is 1. The number of carbonyl (C=O) groups excluding carboxylic acids is 1. The first-order chi connectivity index (χ1) is 21.0. The van der Waals surface area contributed by atoms with Gasteiger partial charge in [-0.1, -0.05) is 56.6 Å². The fraction of sp³-hybridized carbons (Fsp3) is 0.412. The van der Waals surface area contributed by atoms with Gasteiger partial charge in [-0.05, 0) is 81.4 Å². The molecule has 0 unspecified atom stereocenters. The van der Waals surface area contributed by atoms with E-state index in [2.05, 4.69) is 58.2 Å². The van der Waals surface area contributed by atoms with Gasteiger partial charge in [-0.15, -0.1) is 0 Å². The third-order valence-electron chi connectivity index (χ3n) is 7.55. The van der Waals surface area contributed by atoms with Crippen molar-refractivity contribution in [3.63, 3.8) is 0 Å². The predicted octanol–water partition coefficient (Wildman–Crippen LogP) is 8.11. The molecule has 0 spiro atoms. The van der Waals surface area contributed by atoms with E-state index in [0.717, 1.165) is 77.0 Å². The van der Waals surface area contributed by atoms with Crippen LogP contribution in [0.3, 0.4) is 0 Å². The first-order valence-electron chi connectivity index (χ1n) is 14.8. The minimum Gasteiger partial charge on any atom is -0.481 e. The number of anilines is 1. The summed E-state index contributed by atoms with van der Waals surface area (Å²) in [4.78, 5) is 34.1. The Bertz CT molecular complexity index is 1440. The molecule has 0 atom stereocenters. The van der Waals surface area contributed by atoms with E-state index in [1.807, 2.05) is 52.0 Å². The van der Waals surface area contributed by atoms with Gasteiger partial charge in [0, 0.05) is 37.6 Å². The Balaban J connectivity index is 0.000000378. The molecule has 0 saturated carbocycles. The summed E-state index contributed by atoms with van der Waals surface area (Å²) in [5.74, 6) is -0.165. The zero-order valence-corrected chi connectivity index (χ0v) is 27.8. The lowest BCUT2D eigenvalue weighted by Gasteiger charge is -2.40. The summed E-state index contributed by atoms with van der Waals surface area (Å²) < 4.78 is 6.26. The van der Waals surface area contributed by atoms with Crippen LogP contribution in [0.5, 0.6) is 0 Å². The van der Waals surface area contributed by atoms with Crippen molar-refractivity contribution in [1.82, 2.24) is 15.2 Å². The molecule has 0 radical (unpaired) electrons. The van der Waals surface area contributed by atoms with Crippen LogP contribution in [-0.2, 0) is 9.53 Å². The molecule has 2 amide bonds. The molecule has 0 bridgehead atoms. The van der Waals surface area contributed by atoms with Gasteiger partial charge in [0.05, 0.1) is 22.7 Å². The smallest absolute Gasteiger partial charge is 0.321 e. The van der Waals surface area contributed by atoms with Crippen molar-refractivity contribution in [2.75, 3.05) is 32.1 Å². The van der Waals surface area contributed by atoms with E-state index < -0.39 is 11.4 Å². The van der Waals surface area contributed by atoms with Crippen LogP contribution in [0, 0.1) is 5.41 Å². The number of hydrogen-bond acceptors (Lipinski definition) is 7. The quantitative estimate of drug-likeness (QED) is 0.133. The van der Waals surface area contributed by atoms with Gasteiger partial charge < -0.3 is 20.1 Å². The number of ether oxygens (including phenoxy) is 1. The average molecular weight is 622 g/mol. The molecule has 1 fully saturated rings. The number of aliphatic carboxylic acids is 1. The van der Waals surface area contributed by atoms with E-state index in [9.17, 15) is 14.7 Å². The molecule has 44 heavy (non-hydrogen) atoms. The molecule has 2 heterocycles. The Kier molecular flexibility index (Phi) is 14.1. The van der Waals surface area contributed by atoms with Gasteiger partial charge in [0.1, 0.15) is 0 Å². The highest BCUT2D eigenvalue weighted by Gasteiger charge is 2.40. The lowest BCUT2D eigenvalue weighted by Crippen LogP contribution is -2.43. The fourth-order valence-corrected chi connectivity index (χ4v) is 6.14. The molecule has 1 aliphatic rings. The Morgan fingerprint density at radius 3 is 2.41 bits per heavy atom. The number of urea groups is 1. The number of amides is 2. The number of nitrogens with one attached hydrogen (secondary N) is 2. The number of carboxylic acids is 1. The summed E-state index contributed by atoms with van der Waals surface area (Å²) in [5.41, 5.74) is 5.29. The molecule has 1 aromatic carbocycles. The lowest BCUT2D eigenvalue weighted by molar-refractivity contribution is -0.152. The number of nitrogens with zero attached hydrogens (tertiary/aromatic N) is 3. The number of likely N-dealkylation sites (tertiary alicyclic amines) is 1. The standard InChI is InChI=1S/C22H26N4O2S.C12H21NO2/c1-7-15(8-2)16-12-17(14(5)11-19(28-6)23-9-3)20-18(13-16)25-22(29-20)26-21(27)24-10-4;1-4-5-12(11(14)15)6-8-13(9-7-12)10(2)3/h7-9,11-13H,1,3,10H2,2,4-6H3,(H2,24,25,26,27);2,4-9H2,1,3H3,(H,14,15)/b14-11+,15-8+,23-19?;. The molecule has 0 aliphatic carbocycles. The fourth-order valence-electron chi connectivity index (χ4n) is 5.12. The van der Waals surface area contributed by atoms with Crippen molar-refractivity contribution in [3.05, 3.63) is 73.1 Å². The maximum absolute atomic E-state index is 11.9. The Morgan fingerprint density at radius 2 is 1.91 bits per heavy atom. The maximum atomic E-state index is 11.9. The molecule has 1 aromatic heterocycles. The highest BCUT2D eigenvalue weighted by molar-refractivity contribution is 7.22. The molecule has 1 aliphatic heterocycles. The number of carbonyl (C=O) groups is 2. The summed E-state index contributed by atoms with van der Waals surface area (Å²) in [5, 5.41) is 15.3. The number of fused-ring (bicyclic) bond motifs is 1. The lowest BCUT2D eigenvalue weighted by atomic mass is 9.75. The second kappa shape index (κ2) is 17.2. The second-order valence-electron chi connectivity index (χ2n) is 10.6. The van der Waals surface area contributed by atoms with E-state index in [4.69, 9.17) is 4.74 Å². The van der Waals surface area contributed by atoms with E-state index in [0.29, 0.717) is 17.6 Å². The predicted molar refractivity (Wildman–Crippen MR) is 185 cm³/mol. The van der Waals surface area contributed by atoms with Gasteiger partial charge in [0.25, 0.3) is 0 Å². The number of thiazole rings is 1. The molecule has 238 valence electrons. The zero-order valence-electron chi connectivity index (χ0n) is 27.0. The highest BCUT2D eigenvalue weighted by Crippen LogP contribution is 2.37. The molecule has 3 rings (SSSR count). The van der Waals surface area contributed by atoms with Gasteiger partial charge in [-0.25, -0.2) is 14.8 Å². The maximum Gasteiger partial charge on any atom is 0.321 e. The molecule has 10 heteroatoms. The molecule has 2 aromatic rings. The first kappa shape index (κ1) is 36.0. The SMILES string of the molecule is C=C(C)N1CCC(CCC)(C(=O)O)CC1.C=CN=C(/C=C(\C)c1cc(/C(C=C)=C/C)cc2nc(NC(=O)NCC)sc12)OC.